The number of benzene rings is 2. The summed E-state index contributed by atoms with van der Waals surface area (Å²) in [5, 5.41) is 1.67. The van der Waals surface area contributed by atoms with Crippen molar-refractivity contribution in [2.75, 3.05) is 6.54 Å². The van der Waals surface area contributed by atoms with Crippen LogP contribution in [0.3, 0.4) is 0 Å². The molecule has 3 rings (SSSR count). The first-order chi connectivity index (χ1) is 10.6. The van der Waals surface area contributed by atoms with Crippen molar-refractivity contribution in [3.8, 4) is 0 Å². The van der Waals surface area contributed by atoms with Gasteiger partial charge >= 0.3 is 0 Å². The first-order valence-corrected chi connectivity index (χ1v) is 8.47. The molecule has 2 aromatic rings. The predicted octanol–water partition coefficient (Wildman–Crippen LogP) is 1.75. The standard InChI is InChI=1S/C16H16N2O3S/c19-12-15-7-3-4-8-16(15)22(20,21)17-18-10-9-13-5-1-2-6-14(13)11-18/h1-8,12,17H,9-11H2. The van der Waals surface area contributed by atoms with Crippen molar-refractivity contribution in [1.29, 1.82) is 0 Å². The summed E-state index contributed by atoms with van der Waals surface area (Å²) in [6.07, 6.45) is 1.34. The lowest BCUT2D eigenvalue weighted by molar-refractivity contribution is 0.112. The van der Waals surface area contributed by atoms with Gasteiger partial charge in [-0.05, 0) is 23.6 Å². The summed E-state index contributed by atoms with van der Waals surface area (Å²) in [6.45, 7) is 1.11. The fourth-order valence-electron chi connectivity index (χ4n) is 2.62. The molecular formula is C16H16N2O3S. The number of aldehydes is 1. The van der Waals surface area contributed by atoms with E-state index in [1.807, 2.05) is 18.2 Å². The highest BCUT2D eigenvalue weighted by Crippen LogP contribution is 2.19. The van der Waals surface area contributed by atoms with Crippen molar-refractivity contribution < 1.29 is 13.2 Å². The van der Waals surface area contributed by atoms with Crippen LogP contribution in [0.15, 0.2) is 53.4 Å². The van der Waals surface area contributed by atoms with Crippen LogP contribution >= 0.6 is 0 Å². The summed E-state index contributed by atoms with van der Waals surface area (Å²) in [7, 11) is -3.76. The maximum Gasteiger partial charge on any atom is 0.254 e. The Bertz CT molecular complexity index is 803. The Balaban J connectivity index is 1.83. The van der Waals surface area contributed by atoms with Crippen molar-refractivity contribution in [1.82, 2.24) is 9.84 Å². The molecule has 0 spiro atoms. The molecule has 0 fully saturated rings. The molecule has 0 bridgehead atoms. The van der Waals surface area contributed by atoms with Gasteiger partial charge in [-0.25, -0.2) is 13.4 Å². The van der Waals surface area contributed by atoms with Crippen molar-refractivity contribution >= 4 is 16.3 Å². The van der Waals surface area contributed by atoms with Gasteiger partial charge in [0.1, 0.15) is 0 Å². The second-order valence-corrected chi connectivity index (χ2v) is 6.82. The smallest absolute Gasteiger partial charge is 0.254 e. The first-order valence-electron chi connectivity index (χ1n) is 6.98. The molecule has 0 radical (unpaired) electrons. The summed E-state index contributed by atoms with van der Waals surface area (Å²) < 4.78 is 25.0. The number of nitrogens with zero attached hydrogens (tertiary/aromatic N) is 1. The monoisotopic (exact) mass is 316 g/mol. The van der Waals surface area contributed by atoms with Gasteiger partial charge in [0.05, 0.1) is 4.90 Å². The molecule has 0 unspecified atom stereocenters. The van der Waals surface area contributed by atoms with E-state index in [9.17, 15) is 13.2 Å². The maximum absolute atomic E-state index is 12.5. The Morgan fingerprint density at radius 2 is 1.68 bits per heavy atom. The van der Waals surface area contributed by atoms with Gasteiger partial charge < -0.3 is 0 Å². The summed E-state index contributed by atoms with van der Waals surface area (Å²) in [5.74, 6) is 0. The van der Waals surface area contributed by atoms with Gasteiger partial charge in [0.15, 0.2) is 6.29 Å². The Kier molecular flexibility index (Phi) is 4.06. The zero-order valence-corrected chi connectivity index (χ0v) is 12.7. The van der Waals surface area contributed by atoms with Crippen LogP contribution in [0, 0.1) is 0 Å². The van der Waals surface area contributed by atoms with Crippen LogP contribution in [0.25, 0.3) is 0 Å². The molecule has 0 saturated carbocycles. The highest BCUT2D eigenvalue weighted by Gasteiger charge is 2.23. The molecule has 114 valence electrons. The van der Waals surface area contributed by atoms with Gasteiger partial charge in [0, 0.05) is 18.7 Å². The quantitative estimate of drug-likeness (QED) is 0.873. The Morgan fingerprint density at radius 3 is 2.45 bits per heavy atom. The van der Waals surface area contributed by atoms with Crippen LogP contribution in [0.2, 0.25) is 0 Å². The summed E-state index contributed by atoms with van der Waals surface area (Å²) in [4.78, 5) is 13.6. The molecule has 1 heterocycles. The van der Waals surface area contributed by atoms with Crippen LogP contribution in [-0.2, 0) is 23.0 Å². The number of fused-ring (bicyclic) bond motifs is 1. The van der Waals surface area contributed by atoms with Gasteiger partial charge in [0.2, 0.25) is 0 Å². The van der Waals surface area contributed by atoms with E-state index < -0.39 is 10.0 Å². The molecule has 0 aliphatic carbocycles. The largest absolute Gasteiger partial charge is 0.298 e. The number of hydrogen-bond acceptors (Lipinski definition) is 4. The van der Waals surface area contributed by atoms with Crippen molar-refractivity contribution in [2.45, 2.75) is 17.9 Å². The van der Waals surface area contributed by atoms with Crippen molar-refractivity contribution in [2.24, 2.45) is 0 Å². The van der Waals surface area contributed by atoms with Crippen LogP contribution < -0.4 is 4.83 Å². The molecule has 0 aromatic heterocycles. The number of hydrogen-bond donors (Lipinski definition) is 1. The zero-order valence-electron chi connectivity index (χ0n) is 11.9. The average Bonchev–Trinajstić information content (AvgIpc) is 2.54. The van der Waals surface area contributed by atoms with Crippen LogP contribution in [0.1, 0.15) is 21.5 Å². The molecule has 1 aliphatic rings. The molecule has 5 nitrogen and oxygen atoms in total. The van der Waals surface area contributed by atoms with Gasteiger partial charge in [-0.2, -0.15) is 0 Å². The Labute approximate surface area is 129 Å². The molecule has 6 heteroatoms. The lowest BCUT2D eigenvalue weighted by Gasteiger charge is -2.28. The maximum atomic E-state index is 12.5. The summed E-state index contributed by atoms with van der Waals surface area (Å²) in [6, 6.07) is 14.2. The van der Waals surface area contributed by atoms with E-state index in [2.05, 4.69) is 10.9 Å². The molecule has 1 N–H and O–H groups in total. The minimum atomic E-state index is -3.76. The van der Waals surface area contributed by atoms with E-state index in [-0.39, 0.29) is 10.5 Å². The number of carbonyl (C=O) groups excluding carboxylic acids is 1. The SMILES string of the molecule is O=Cc1ccccc1S(=O)(=O)NN1CCc2ccccc2C1. The predicted molar refractivity (Wildman–Crippen MR) is 82.7 cm³/mol. The summed E-state index contributed by atoms with van der Waals surface area (Å²) >= 11 is 0. The van der Waals surface area contributed by atoms with E-state index in [1.54, 1.807) is 17.1 Å². The van der Waals surface area contributed by atoms with Gasteiger partial charge in [0.25, 0.3) is 10.0 Å². The molecule has 0 atom stereocenters. The fourth-order valence-corrected chi connectivity index (χ4v) is 3.89. The molecule has 2 aromatic carbocycles. The third kappa shape index (κ3) is 2.94. The first kappa shape index (κ1) is 14.9. The zero-order chi connectivity index (χ0) is 15.6. The van der Waals surface area contributed by atoms with Crippen molar-refractivity contribution in [3.05, 3.63) is 65.2 Å². The highest BCUT2D eigenvalue weighted by molar-refractivity contribution is 7.89. The number of nitrogens with one attached hydrogen (secondary N) is 1. The average molecular weight is 316 g/mol. The number of carbonyl (C=O) groups is 1. The second kappa shape index (κ2) is 6.00. The Hall–Kier alpha value is -2.02. The molecule has 22 heavy (non-hydrogen) atoms. The lowest BCUT2D eigenvalue weighted by Crippen LogP contribution is -2.45. The van der Waals surface area contributed by atoms with Gasteiger partial charge in [-0.3, -0.25) is 4.79 Å². The van der Waals surface area contributed by atoms with Gasteiger partial charge in [-0.1, -0.05) is 42.5 Å². The molecule has 1 aliphatic heterocycles. The molecule has 0 saturated heterocycles. The van der Waals surface area contributed by atoms with Gasteiger partial charge in [-0.15, -0.1) is 4.83 Å². The van der Waals surface area contributed by atoms with E-state index >= 15 is 0 Å². The van der Waals surface area contributed by atoms with Crippen LogP contribution in [0.5, 0.6) is 0 Å². The topological polar surface area (TPSA) is 66.5 Å². The number of rotatable bonds is 4. The van der Waals surface area contributed by atoms with E-state index in [0.29, 0.717) is 19.4 Å². The molecular weight excluding hydrogens is 300 g/mol. The third-order valence-electron chi connectivity index (χ3n) is 3.72. The highest BCUT2D eigenvalue weighted by atomic mass is 32.2. The van der Waals surface area contributed by atoms with E-state index in [0.717, 1.165) is 12.0 Å². The second-order valence-electron chi connectivity index (χ2n) is 5.19. The van der Waals surface area contributed by atoms with E-state index in [1.165, 1.54) is 17.7 Å². The third-order valence-corrected chi connectivity index (χ3v) is 5.16. The minimum absolute atomic E-state index is 0.00357. The van der Waals surface area contributed by atoms with Crippen LogP contribution in [0.4, 0.5) is 0 Å². The Morgan fingerprint density at radius 1 is 1.00 bits per heavy atom. The fraction of sp³-hybridized carbons (Fsp3) is 0.188. The number of hydrazine groups is 1. The molecule has 0 amide bonds. The lowest BCUT2D eigenvalue weighted by atomic mass is 10.0. The summed E-state index contributed by atoms with van der Waals surface area (Å²) in [5.41, 5.74) is 2.51. The number of sulfonamides is 1. The van der Waals surface area contributed by atoms with Crippen LogP contribution in [-0.4, -0.2) is 26.3 Å². The van der Waals surface area contributed by atoms with Crippen molar-refractivity contribution in [3.63, 3.8) is 0 Å². The minimum Gasteiger partial charge on any atom is -0.298 e. The van der Waals surface area contributed by atoms with E-state index in [4.69, 9.17) is 0 Å². The normalized spacial score (nSPS) is 15.3.